The maximum absolute atomic E-state index is 13.1. The van der Waals surface area contributed by atoms with Gasteiger partial charge in [-0.1, -0.05) is 39.8 Å². The van der Waals surface area contributed by atoms with Crippen LogP contribution < -0.4 is 11.1 Å². The first kappa shape index (κ1) is 24.4. The van der Waals surface area contributed by atoms with Crippen LogP contribution in [0.15, 0.2) is 42.5 Å². The normalized spacial score (nSPS) is 12.4. The Morgan fingerprint density at radius 1 is 1.06 bits per heavy atom. The van der Waals surface area contributed by atoms with Crippen LogP contribution in [0.25, 0.3) is 22.3 Å². The van der Waals surface area contributed by atoms with Crippen molar-refractivity contribution in [3.05, 3.63) is 48.0 Å². The van der Waals surface area contributed by atoms with Gasteiger partial charge in [0.2, 0.25) is 0 Å². The van der Waals surface area contributed by atoms with Gasteiger partial charge in [-0.15, -0.1) is 0 Å². The maximum Gasteiger partial charge on any atom is 0.416 e. The summed E-state index contributed by atoms with van der Waals surface area (Å²) >= 11 is 0. The fourth-order valence-corrected chi connectivity index (χ4v) is 3.14. The number of nitrogens with two attached hydrogens (primary N) is 1. The van der Waals surface area contributed by atoms with Gasteiger partial charge in [-0.2, -0.15) is 13.2 Å². The van der Waals surface area contributed by atoms with Crippen LogP contribution in [0.4, 0.5) is 19.0 Å². The molecule has 0 aliphatic heterocycles. The van der Waals surface area contributed by atoms with Crippen molar-refractivity contribution in [1.29, 1.82) is 0 Å². The molecule has 1 unspecified atom stereocenters. The van der Waals surface area contributed by atoms with Gasteiger partial charge >= 0.3 is 6.18 Å². The molecule has 3 aromatic rings. The van der Waals surface area contributed by atoms with Crippen LogP contribution in [0.1, 0.15) is 39.7 Å². The number of phenols is 1. The molecule has 5 nitrogen and oxygen atoms in total. The molecule has 0 aliphatic rings. The number of nitrogens with zero attached hydrogens (tertiary/aromatic N) is 2. The zero-order valence-corrected chi connectivity index (χ0v) is 18.2. The van der Waals surface area contributed by atoms with E-state index in [1.807, 2.05) is 26.0 Å². The summed E-state index contributed by atoms with van der Waals surface area (Å²) in [6.45, 7) is 8.61. The average molecular weight is 435 g/mol. The van der Waals surface area contributed by atoms with Crippen molar-refractivity contribution in [2.45, 2.75) is 46.3 Å². The summed E-state index contributed by atoms with van der Waals surface area (Å²) in [6, 6.07) is 9.74. The Labute approximate surface area is 180 Å². The fraction of sp³-hybridized carbons (Fsp3) is 0.391. The van der Waals surface area contributed by atoms with Crippen molar-refractivity contribution in [2.24, 2.45) is 11.7 Å². The molecule has 0 spiro atoms. The van der Waals surface area contributed by atoms with Crippen molar-refractivity contribution in [2.75, 3.05) is 11.9 Å². The van der Waals surface area contributed by atoms with E-state index in [9.17, 15) is 18.3 Å². The first-order valence-electron chi connectivity index (χ1n) is 10.3. The van der Waals surface area contributed by atoms with Gasteiger partial charge in [0.15, 0.2) is 5.82 Å². The predicted octanol–water partition coefficient (Wildman–Crippen LogP) is 5.83. The number of aromatic hydroxyl groups is 1. The molecule has 0 saturated heterocycles. The third-order valence-electron chi connectivity index (χ3n) is 4.47. The lowest BCUT2D eigenvalue weighted by Gasteiger charge is -2.17. The van der Waals surface area contributed by atoms with Crippen molar-refractivity contribution in [3.63, 3.8) is 0 Å². The molecule has 31 heavy (non-hydrogen) atoms. The molecule has 0 saturated carbocycles. The van der Waals surface area contributed by atoms with E-state index < -0.39 is 11.7 Å². The summed E-state index contributed by atoms with van der Waals surface area (Å²) in [4.78, 5) is 8.76. The molecular formula is C23H29F3N4O. The van der Waals surface area contributed by atoms with Gasteiger partial charge in [-0.05, 0) is 42.7 Å². The van der Waals surface area contributed by atoms with E-state index in [4.69, 9.17) is 5.73 Å². The van der Waals surface area contributed by atoms with Crippen molar-refractivity contribution in [1.82, 2.24) is 9.97 Å². The number of hydrogen-bond acceptors (Lipinski definition) is 5. The molecular weight excluding hydrogens is 405 g/mol. The minimum atomic E-state index is -4.54. The van der Waals surface area contributed by atoms with Crippen LogP contribution in [0.3, 0.4) is 0 Å². The van der Waals surface area contributed by atoms with E-state index in [0.717, 1.165) is 30.0 Å². The Balaban J connectivity index is 0.00000166. The lowest BCUT2D eigenvalue weighted by molar-refractivity contribution is -0.137. The summed E-state index contributed by atoms with van der Waals surface area (Å²) in [6.07, 6.45) is -3.72. The number of anilines is 1. The van der Waals surface area contributed by atoms with Gasteiger partial charge in [0.25, 0.3) is 0 Å². The number of rotatable bonds is 6. The molecule has 1 heterocycles. The molecule has 168 valence electrons. The highest BCUT2D eigenvalue weighted by atomic mass is 19.4. The van der Waals surface area contributed by atoms with Crippen molar-refractivity contribution in [3.8, 4) is 17.1 Å². The van der Waals surface area contributed by atoms with Gasteiger partial charge in [-0.3, -0.25) is 0 Å². The third-order valence-corrected chi connectivity index (χ3v) is 4.47. The second kappa shape index (κ2) is 10.4. The van der Waals surface area contributed by atoms with E-state index in [2.05, 4.69) is 29.1 Å². The van der Waals surface area contributed by atoms with Crippen LogP contribution in [-0.2, 0) is 6.18 Å². The van der Waals surface area contributed by atoms with E-state index >= 15 is 0 Å². The van der Waals surface area contributed by atoms with E-state index in [0.29, 0.717) is 23.8 Å². The SMILES string of the molecule is CC.CC(C)CC(N)CNc1nc(-c2cc(C(F)(F)F)ccc2O)nc2ccccc12. The van der Waals surface area contributed by atoms with E-state index in [-0.39, 0.29) is 23.2 Å². The molecule has 4 N–H and O–H groups in total. The molecule has 0 fully saturated rings. The summed E-state index contributed by atoms with van der Waals surface area (Å²) in [5, 5.41) is 14.1. The summed E-state index contributed by atoms with van der Waals surface area (Å²) in [7, 11) is 0. The van der Waals surface area contributed by atoms with Crippen LogP contribution >= 0.6 is 0 Å². The smallest absolute Gasteiger partial charge is 0.416 e. The molecule has 0 radical (unpaired) electrons. The largest absolute Gasteiger partial charge is 0.507 e. The average Bonchev–Trinajstić information content (AvgIpc) is 2.72. The Bertz CT molecular complexity index is 1010. The summed E-state index contributed by atoms with van der Waals surface area (Å²) in [5.41, 5.74) is 5.72. The van der Waals surface area contributed by atoms with Crippen LogP contribution in [0, 0.1) is 5.92 Å². The molecule has 0 bridgehead atoms. The zero-order valence-electron chi connectivity index (χ0n) is 18.2. The minimum Gasteiger partial charge on any atom is -0.507 e. The number of halogens is 3. The molecule has 2 aromatic carbocycles. The molecule has 8 heteroatoms. The summed E-state index contributed by atoms with van der Waals surface area (Å²) in [5.74, 6) is 0.580. The molecule has 1 atom stereocenters. The van der Waals surface area contributed by atoms with Gasteiger partial charge in [0.1, 0.15) is 11.6 Å². The highest BCUT2D eigenvalue weighted by Gasteiger charge is 2.31. The van der Waals surface area contributed by atoms with E-state index in [1.165, 1.54) is 0 Å². The van der Waals surface area contributed by atoms with Gasteiger partial charge in [0, 0.05) is 18.0 Å². The number of benzene rings is 2. The maximum atomic E-state index is 13.1. The fourth-order valence-electron chi connectivity index (χ4n) is 3.14. The number of hydrogen-bond donors (Lipinski definition) is 3. The standard InChI is InChI=1S/C21H23F3N4O.C2H6/c1-12(2)9-14(25)11-26-19-15-5-3-4-6-17(15)27-20(28-19)16-10-13(21(22,23)24)7-8-18(16)29;1-2/h3-8,10,12,14,29H,9,11,25H2,1-2H3,(H,26,27,28);1-2H3. The molecule has 3 rings (SSSR count). The Hall–Kier alpha value is -2.87. The van der Waals surface area contributed by atoms with Crippen LogP contribution in [0.5, 0.6) is 5.75 Å². The Kier molecular flexibility index (Phi) is 8.21. The third kappa shape index (κ3) is 6.30. The van der Waals surface area contributed by atoms with Gasteiger partial charge in [0.05, 0.1) is 16.6 Å². The second-order valence-electron chi connectivity index (χ2n) is 7.41. The van der Waals surface area contributed by atoms with Crippen LogP contribution in [0.2, 0.25) is 0 Å². The monoisotopic (exact) mass is 434 g/mol. The topological polar surface area (TPSA) is 84.1 Å². The summed E-state index contributed by atoms with van der Waals surface area (Å²) < 4.78 is 39.3. The highest BCUT2D eigenvalue weighted by Crippen LogP contribution is 2.36. The molecule has 1 aromatic heterocycles. The highest BCUT2D eigenvalue weighted by molar-refractivity contribution is 5.91. The quantitative estimate of drug-likeness (QED) is 0.454. The van der Waals surface area contributed by atoms with E-state index in [1.54, 1.807) is 12.1 Å². The zero-order chi connectivity index (χ0) is 23.2. The number of alkyl halides is 3. The van der Waals surface area contributed by atoms with Crippen molar-refractivity contribution >= 4 is 16.7 Å². The van der Waals surface area contributed by atoms with Gasteiger partial charge < -0.3 is 16.2 Å². The number of phenolic OH excluding ortho intramolecular Hbond substituents is 1. The van der Waals surface area contributed by atoms with Gasteiger partial charge in [-0.25, -0.2) is 9.97 Å². The molecule has 0 aliphatic carbocycles. The minimum absolute atomic E-state index is 0.00670. The Morgan fingerprint density at radius 3 is 2.39 bits per heavy atom. The van der Waals surface area contributed by atoms with Crippen molar-refractivity contribution < 1.29 is 18.3 Å². The lowest BCUT2D eigenvalue weighted by Crippen LogP contribution is -2.30. The van der Waals surface area contributed by atoms with Crippen LogP contribution in [-0.4, -0.2) is 27.7 Å². The number of aromatic nitrogens is 2. The predicted molar refractivity (Wildman–Crippen MR) is 119 cm³/mol. The molecule has 0 amide bonds. The lowest BCUT2D eigenvalue weighted by atomic mass is 10.0. The first-order chi connectivity index (χ1) is 14.6. The number of para-hydroxylation sites is 1. The Morgan fingerprint density at radius 2 is 1.74 bits per heavy atom. The number of fused-ring (bicyclic) bond motifs is 1. The number of nitrogens with one attached hydrogen (secondary N) is 1. The first-order valence-corrected chi connectivity index (χ1v) is 10.3. The second-order valence-corrected chi connectivity index (χ2v) is 7.41.